The number of ether oxygens (including phenoxy) is 1. The summed E-state index contributed by atoms with van der Waals surface area (Å²) >= 11 is 3.24. The first kappa shape index (κ1) is 15.1. The maximum Gasteiger partial charge on any atom is 0.337 e. The van der Waals surface area contributed by atoms with Crippen LogP contribution in [0.25, 0.3) is 0 Å². The molecule has 0 unspecified atom stereocenters. The Balaban J connectivity index is 2.02. The van der Waals surface area contributed by atoms with Gasteiger partial charge in [-0.1, -0.05) is 34.1 Å². The lowest BCUT2D eigenvalue weighted by Crippen LogP contribution is -2.21. The number of carbonyl (C=O) groups excluding carboxylic acids is 1. The summed E-state index contributed by atoms with van der Waals surface area (Å²) in [4.78, 5) is 22.9. The number of carboxylic acids is 1. The molecule has 108 valence electrons. The third kappa shape index (κ3) is 4.32. The second-order valence-corrected chi connectivity index (χ2v) is 5.06. The molecule has 0 bridgehead atoms. The van der Waals surface area contributed by atoms with E-state index in [2.05, 4.69) is 21.2 Å². The van der Waals surface area contributed by atoms with Gasteiger partial charge in [0, 0.05) is 4.47 Å². The number of nitrogens with one attached hydrogen (secondary N) is 1. The van der Waals surface area contributed by atoms with Gasteiger partial charge >= 0.3 is 5.97 Å². The number of anilines is 1. The summed E-state index contributed by atoms with van der Waals surface area (Å²) in [6, 6.07) is 13.4. The molecule has 21 heavy (non-hydrogen) atoms. The van der Waals surface area contributed by atoms with E-state index < -0.39 is 11.9 Å². The van der Waals surface area contributed by atoms with Crippen LogP contribution in [0.1, 0.15) is 10.4 Å². The van der Waals surface area contributed by atoms with Crippen LogP contribution in [0.4, 0.5) is 5.69 Å². The van der Waals surface area contributed by atoms with Crippen LogP contribution >= 0.6 is 15.9 Å². The zero-order valence-corrected chi connectivity index (χ0v) is 12.5. The fraction of sp³-hybridized carbons (Fsp3) is 0.0667. The number of para-hydroxylation sites is 1. The van der Waals surface area contributed by atoms with E-state index in [0.717, 1.165) is 0 Å². The maximum absolute atomic E-state index is 11.8. The monoisotopic (exact) mass is 349 g/mol. The van der Waals surface area contributed by atoms with Gasteiger partial charge in [-0.3, -0.25) is 4.79 Å². The van der Waals surface area contributed by atoms with Gasteiger partial charge in [-0.25, -0.2) is 4.79 Å². The van der Waals surface area contributed by atoms with Crippen molar-refractivity contribution in [2.24, 2.45) is 0 Å². The van der Waals surface area contributed by atoms with Crippen molar-refractivity contribution in [1.82, 2.24) is 0 Å². The Morgan fingerprint density at radius 1 is 1.14 bits per heavy atom. The highest BCUT2D eigenvalue weighted by atomic mass is 79.9. The highest BCUT2D eigenvalue weighted by Crippen LogP contribution is 2.21. The molecular weight excluding hydrogens is 338 g/mol. The van der Waals surface area contributed by atoms with E-state index in [4.69, 9.17) is 9.84 Å². The van der Waals surface area contributed by atoms with Gasteiger partial charge in [-0.15, -0.1) is 0 Å². The highest BCUT2D eigenvalue weighted by Gasteiger charge is 2.13. The number of hydrogen-bond acceptors (Lipinski definition) is 3. The van der Waals surface area contributed by atoms with Crippen molar-refractivity contribution in [3.63, 3.8) is 0 Å². The number of benzene rings is 2. The molecule has 0 aliphatic heterocycles. The van der Waals surface area contributed by atoms with Crippen molar-refractivity contribution in [1.29, 1.82) is 0 Å². The molecule has 0 aliphatic rings. The maximum atomic E-state index is 11.8. The van der Waals surface area contributed by atoms with Gasteiger partial charge in [-0.05, 0) is 30.3 Å². The molecule has 0 spiro atoms. The minimum atomic E-state index is -1.11. The minimum absolute atomic E-state index is 0.0197. The first-order valence-electron chi connectivity index (χ1n) is 6.07. The molecule has 5 nitrogen and oxygen atoms in total. The lowest BCUT2D eigenvalue weighted by molar-refractivity contribution is -0.118. The van der Waals surface area contributed by atoms with Crippen molar-refractivity contribution >= 4 is 33.5 Å². The Morgan fingerprint density at radius 2 is 1.86 bits per heavy atom. The number of rotatable bonds is 5. The number of carbonyl (C=O) groups is 2. The Morgan fingerprint density at radius 3 is 2.52 bits per heavy atom. The second kappa shape index (κ2) is 6.90. The summed E-state index contributed by atoms with van der Waals surface area (Å²) in [7, 11) is 0. The molecule has 2 aromatic carbocycles. The first-order chi connectivity index (χ1) is 10.1. The quantitative estimate of drug-likeness (QED) is 0.869. The zero-order valence-electron chi connectivity index (χ0n) is 10.9. The summed E-state index contributed by atoms with van der Waals surface area (Å²) in [5.41, 5.74) is 0.241. The Bertz CT molecular complexity index is 658. The van der Waals surface area contributed by atoms with Crippen LogP contribution in [0.3, 0.4) is 0 Å². The third-order valence-electron chi connectivity index (χ3n) is 2.60. The lowest BCUT2D eigenvalue weighted by atomic mass is 10.2. The van der Waals surface area contributed by atoms with E-state index in [1.165, 1.54) is 12.1 Å². The standard InChI is InChI=1S/C15H12BrNO4/c16-10-6-7-12(15(19)20)13(8-10)17-14(18)9-21-11-4-2-1-3-5-11/h1-8H,9H2,(H,17,18)(H,19,20). The number of amides is 1. The second-order valence-electron chi connectivity index (χ2n) is 4.14. The Labute approximate surface area is 129 Å². The molecule has 2 rings (SSSR count). The molecule has 0 atom stereocenters. The first-order valence-corrected chi connectivity index (χ1v) is 6.86. The van der Waals surface area contributed by atoms with Gasteiger partial charge in [0.05, 0.1) is 11.3 Å². The summed E-state index contributed by atoms with van der Waals surface area (Å²) < 4.78 is 5.97. The fourth-order valence-electron chi connectivity index (χ4n) is 1.66. The SMILES string of the molecule is O=C(COc1ccccc1)Nc1cc(Br)ccc1C(=O)O. The average Bonchev–Trinajstić information content (AvgIpc) is 2.46. The Hall–Kier alpha value is -2.34. The van der Waals surface area contributed by atoms with Gasteiger partial charge in [0.1, 0.15) is 5.75 Å². The molecular formula is C15H12BrNO4. The number of hydrogen-bond donors (Lipinski definition) is 2. The van der Waals surface area contributed by atoms with Gasteiger partial charge < -0.3 is 15.2 Å². The van der Waals surface area contributed by atoms with Crippen molar-refractivity contribution in [2.75, 3.05) is 11.9 Å². The van der Waals surface area contributed by atoms with Gasteiger partial charge in [-0.2, -0.15) is 0 Å². The van der Waals surface area contributed by atoms with E-state index in [9.17, 15) is 9.59 Å². The molecule has 6 heteroatoms. The summed E-state index contributed by atoms with van der Waals surface area (Å²) in [6.07, 6.45) is 0. The minimum Gasteiger partial charge on any atom is -0.484 e. The molecule has 0 radical (unpaired) electrons. The average molecular weight is 350 g/mol. The molecule has 0 aromatic heterocycles. The van der Waals surface area contributed by atoms with Gasteiger partial charge in [0.15, 0.2) is 6.61 Å². The topological polar surface area (TPSA) is 75.6 Å². The van der Waals surface area contributed by atoms with Crippen molar-refractivity contribution in [3.8, 4) is 5.75 Å². The molecule has 2 aromatic rings. The Kier molecular flexibility index (Phi) is 4.94. The molecule has 0 fully saturated rings. The predicted octanol–water partition coefficient (Wildman–Crippen LogP) is 3.16. The van der Waals surface area contributed by atoms with Crippen molar-refractivity contribution in [2.45, 2.75) is 0 Å². The number of aromatic carboxylic acids is 1. The van der Waals surface area contributed by atoms with E-state index >= 15 is 0 Å². The van der Waals surface area contributed by atoms with Crippen LogP contribution in [-0.2, 0) is 4.79 Å². The van der Waals surface area contributed by atoms with Crippen molar-refractivity contribution < 1.29 is 19.4 Å². The van der Waals surface area contributed by atoms with Crippen LogP contribution < -0.4 is 10.1 Å². The van der Waals surface area contributed by atoms with Crippen LogP contribution in [0.5, 0.6) is 5.75 Å². The normalized spacial score (nSPS) is 9.95. The molecule has 0 aliphatic carbocycles. The van der Waals surface area contributed by atoms with E-state index in [0.29, 0.717) is 10.2 Å². The fourth-order valence-corrected chi connectivity index (χ4v) is 2.02. The predicted molar refractivity (Wildman–Crippen MR) is 81.7 cm³/mol. The molecule has 1 amide bonds. The number of carboxylic acid groups (broad SMARTS) is 1. The molecule has 0 saturated carbocycles. The van der Waals surface area contributed by atoms with Crippen LogP contribution in [-0.4, -0.2) is 23.6 Å². The summed E-state index contributed by atoms with van der Waals surface area (Å²) in [6.45, 7) is -0.199. The summed E-state index contributed by atoms with van der Waals surface area (Å²) in [5, 5.41) is 11.6. The largest absolute Gasteiger partial charge is 0.484 e. The molecule has 0 heterocycles. The van der Waals surface area contributed by atoms with Gasteiger partial charge in [0.2, 0.25) is 0 Å². The third-order valence-corrected chi connectivity index (χ3v) is 3.09. The highest BCUT2D eigenvalue weighted by molar-refractivity contribution is 9.10. The smallest absolute Gasteiger partial charge is 0.337 e. The van der Waals surface area contributed by atoms with Crippen LogP contribution in [0.15, 0.2) is 53.0 Å². The zero-order chi connectivity index (χ0) is 15.2. The van der Waals surface area contributed by atoms with Crippen LogP contribution in [0, 0.1) is 0 Å². The number of halogens is 1. The van der Waals surface area contributed by atoms with E-state index in [-0.39, 0.29) is 17.9 Å². The van der Waals surface area contributed by atoms with E-state index in [1.807, 2.05) is 6.07 Å². The lowest BCUT2D eigenvalue weighted by Gasteiger charge is -2.10. The summed E-state index contributed by atoms with van der Waals surface area (Å²) in [5.74, 6) is -0.971. The van der Waals surface area contributed by atoms with Crippen LogP contribution in [0.2, 0.25) is 0 Å². The van der Waals surface area contributed by atoms with Gasteiger partial charge in [0.25, 0.3) is 5.91 Å². The molecule has 0 saturated heterocycles. The molecule has 2 N–H and O–H groups in total. The van der Waals surface area contributed by atoms with E-state index in [1.54, 1.807) is 30.3 Å². The van der Waals surface area contributed by atoms with Crippen molar-refractivity contribution in [3.05, 3.63) is 58.6 Å².